The van der Waals surface area contributed by atoms with Crippen molar-refractivity contribution in [2.75, 3.05) is 7.11 Å². The lowest BCUT2D eigenvalue weighted by atomic mass is 10.2. The molecule has 0 saturated carbocycles. The van der Waals surface area contributed by atoms with Gasteiger partial charge in [-0.3, -0.25) is 4.79 Å². The van der Waals surface area contributed by atoms with E-state index in [9.17, 15) is 14.0 Å². The van der Waals surface area contributed by atoms with Gasteiger partial charge in [-0.15, -0.1) is 0 Å². The van der Waals surface area contributed by atoms with Crippen molar-refractivity contribution in [2.45, 2.75) is 0 Å². The summed E-state index contributed by atoms with van der Waals surface area (Å²) < 4.78 is 19.3. The van der Waals surface area contributed by atoms with Crippen molar-refractivity contribution >= 4 is 22.5 Å². The van der Waals surface area contributed by atoms with E-state index in [1.165, 1.54) is 23.8 Å². The van der Waals surface area contributed by atoms with Crippen LogP contribution in [0.15, 0.2) is 35.3 Å². The third-order valence-electron chi connectivity index (χ3n) is 2.94. The monoisotopic (exact) mass is 260 g/mol. The molecule has 0 radical (unpaired) electrons. The Morgan fingerprint density at radius 3 is 2.84 bits per heavy atom. The Morgan fingerprint density at radius 2 is 2.11 bits per heavy atom. The summed E-state index contributed by atoms with van der Waals surface area (Å²) in [5.74, 6) is -0.989. The summed E-state index contributed by atoms with van der Waals surface area (Å²) in [6.07, 6.45) is 1.23. The number of carbonyl (C=O) groups is 1. The van der Waals surface area contributed by atoms with Crippen molar-refractivity contribution in [2.24, 2.45) is 0 Å². The molecule has 19 heavy (non-hydrogen) atoms. The van der Waals surface area contributed by atoms with Gasteiger partial charge in [-0.05, 0) is 18.2 Å². The highest BCUT2D eigenvalue weighted by molar-refractivity contribution is 5.93. The van der Waals surface area contributed by atoms with Crippen molar-refractivity contribution in [3.8, 4) is 0 Å². The maximum Gasteiger partial charge on any atom is 0.337 e. The molecular weight excluding hydrogens is 251 g/mol. The fourth-order valence-corrected chi connectivity index (χ4v) is 2.08. The molecule has 0 aliphatic carbocycles. The zero-order valence-electron chi connectivity index (χ0n) is 9.94. The van der Waals surface area contributed by atoms with E-state index in [0.717, 1.165) is 6.07 Å². The molecule has 0 unspecified atom stereocenters. The SMILES string of the molecule is COC(=O)c1ccc2c(c1)[nH]c(=O)c1cc(F)cn12. The number of methoxy groups -OCH3 is 1. The van der Waals surface area contributed by atoms with Crippen LogP contribution in [0, 0.1) is 5.82 Å². The Morgan fingerprint density at radius 1 is 1.32 bits per heavy atom. The fourth-order valence-electron chi connectivity index (χ4n) is 2.08. The number of carbonyl (C=O) groups excluding carboxylic acids is 1. The smallest absolute Gasteiger partial charge is 0.337 e. The molecule has 0 saturated heterocycles. The lowest BCUT2D eigenvalue weighted by molar-refractivity contribution is 0.0601. The van der Waals surface area contributed by atoms with Gasteiger partial charge < -0.3 is 14.1 Å². The number of hydrogen-bond acceptors (Lipinski definition) is 3. The van der Waals surface area contributed by atoms with Crippen LogP contribution in [-0.4, -0.2) is 22.5 Å². The molecule has 0 atom stereocenters. The van der Waals surface area contributed by atoms with Crippen molar-refractivity contribution in [1.82, 2.24) is 9.38 Å². The van der Waals surface area contributed by atoms with E-state index in [2.05, 4.69) is 9.72 Å². The number of aromatic amines is 1. The van der Waals surface area contributed by atoms with E-state index in [1.54, 1.807) is 12.1 Å². The van der Waals surface area contributed by atoms with E-state index in [1.807, 2.05) is 0 Å². The average Bonchev–Trinajstić information content (AvgIpc) is 2.80. The van der Waals surface area contributed by atoms with Gasteiger partial charge in [-0.2, -0.15) is 0 Å². The van der Waals surface area contributed by atoms with Gasteiger partial charge in [0, 0.05) is 12.3 Å². The molecule has 0 aliphatic rings. The van der Waals surface area contributed by atoms with Gasteiger partial charge in [-0.25, -0.2) is 9.18 Å². The number of aromatic nitrogens is 2. The van der Waals surface area contributed by atoms with Crippen LogP contribution in [0.1, 0.15) is 10.4 Å². The number of fused-ring (bicyclic) bond motifs is 3. The Kier molecular flexibility index (Phi) is 2.38. The van der Waals surface area contributed by atoms with Crippen LogP contribution in [0.4, 0.5) is 4.39 Å². The highest BCUT2D eigenvalue weighted by Crippen LogP contribution is 2.16. The van der Waals surface area contributed by atoms with E-state index in [0.29, 0.717) is 16.6 Å². The first-order valence-corrected chi connectivity index (χ1v) is 5.52. The summed E-state index contributed by atoms with van der Waals surface area (Å²) in [5, 5.41) is 0. The Labute approximate surface area is 106 Å². The van der Waals surface area contributed by atoms with Gasteiger partial charge in [0.25, 0.3) is 5.56 Å². The maximum absolute atomic E-state index is 13.2. The molecule has 0 amide bonds. The van der Waals surface area contributed by atoms with Crippen LogP contribution < -0.4 is 5.56 Å². The molecule has 6 heteroatoms. The van der Waals surface area contributed by atoms with Crippen LogP contribution in [0.5, 0.6) is 0 Å². The van der Waals surface area contributed by atoms with Crippen molar-refractivity contribution in [3.05, 3.63) is 52.2 Å². The number of nitrogens with one attached hydrogen (secondary N) is 1. The number of benzene rings is 1. The number of hydrogen-bond donors (Lipinski definition) is 1. The Balaban J connectivity index is 2.39. The summed E-state index contributed by atoms with van der Waals surface area (Å²) in [5.41, 5.74) is 1.16. The van der Waals surface area contributed by atoms with Crippen LogP contribution in [0.3, 0.4) is 0 Å². The van der Waals surface area contributed by atoms with Gasteiger partial charge in [0.2, 0.25) is 0 Å². The van der Waals surface area contributed by atoms with Gasteiger partial charge in [0.1, 0.15) is 11.3 Å². The maximum atomic E-state index is 13.2. The zero-order chi connectivity index (χ0) is 13.6. The number of ether oxygens (including phenoxy) is 1. The highest BCUT2D eigenvalue weighted by Gasteiger charge is 2.10. The average molecular weight is 260 g/mol. The lowest BCUT2D eigenvalue weighted by Crippen LogP contribution is -2.10. The Bertz CT molecular complexity index is 863. The van der Waals surface area contributed by atoms with E-state index < -0.39 is 17.3 Å². The molecule has 2 aromatic heterocycles. The van der Waals surface area contributed by atoms with E-state index in [4.69, 9.17) is 0 Å². The molecule has 5 nitrogen and oxygen atoms in total. The highest BCUT2D eigenvalue weighted by atomic mass is 19.1. The predicted molar refractivity (Wildman–Crippen MR) is 66.8 cm³/mol. The lowest BCUT2D eigenvalue weighted by Gasteiger charge is -2.04. The minimum absolute atomic E-state index is 0.218. The number of H-pyrrole nitrogens is 1. The predicted octanol–water partition coefficient (Wildman–Crippen LogP) is 1.71. The van der Waals surface area contributed by atoms with Gasteiger partial charge in [0.15, 0.2) is 0 Å². The molecule has 2 heterocycles. The van der Waals surface area contributed by atoms with E-state index >= 15 is 0 Å². The molecule has 1 aromatic carbocycles. The first-order chi connectivity index (χ1) is 9.10. The van der Waals surface area contributed by atoms with Crippen molar-refractivity contribution in [3.63, 3.8) is 0 Å². The molecule has 0 aliphatic heterocycles. The minimum atomic E-state index is -0.499. The first kappa shape index (κ1) is 11.5. The second kappa shape index (κ2) is 3.94. The van der Waals surface area contributed by atoms with Crippen LogP contribution in [0.25, 0.3) is 16.6 Å². The molecule has 0 bridgehead atoms. The topological polar surface area (TPSA) is 63.6 Å². The van der Waals surface area contributed by atoms with Gasteiger partial charge in [0.05, 0.1) is 23.7 Å². The number of nitrogens with zero attached hydrogens (tertiary/aromatic N) is 1. The second-order valence-corrected chi connectivity index (χ2v) is 4.09. The fraction of sp³-hybridized carbons (Fsp3) is 0.0769. The quantitative estimate of drug-likeness (QED) is 0.677. The standard InChI is InChI=1S/C13H9FN2O3/c1-19-13(18)7-2-3-10-9(4-7)15-12(17)11-5-8(14)6-16(10)11/h2-6H,1H3,(H,15,17). The molecule has 1 N–H and O–H groups in total. The number of esters is 1. The second-order valence-electron chi connectivity index (χ2n) is 4.09. The van der Waals surface area contributed by atoms with Crippen molar-refractivity contribution in [1.29, 1.82) is 0 Å². The van der Waals surface area contributed by atoms with Gasteiger partial charge in [-0.1, -0.05) is 0 Å². The largest absolute Gasteiger partial charge is 0.465 e. The first-order valence-electron chi connectivity index (χ1n) is 5.52. The third kappa shape index (κ3) is 1.69. The zero-order valence-corrected chi connectivity index (χ0v) is 9.94. The molecule has 0 fully saturated rings. The Hall–Kier alpha value is -2.63. The summed E-state index contributed by atoms with van der Waals surface area (Å²) >= 11 is 0. The van der Waals surface area contributed by atoms with Crippen LogP contribution in [0.2, 0.25) is 0 Å². The molecule has 3 rings (SSSR count). The normalized spacial score (nSPS) is 11.1. The molecule has 0 spiro atoms. The van der Waals surface area contributed by atoms with Crippen LogP contribution in [-0.2, 0) is 4.74 Å². The van der Waals surface area contributed by atoms with Crippen LogP contribution >= 0.6 is 0 Å². The third-order valence-corrected chi connectivity index (χ3v) is 2.94. The number of halogens is 1. The summed E-state index contributed by atoms with van der Waals surface area (Å²) in [6.45, 7) is 0. The van der Waals surface area contributed by atoms with Gasteiger partial charge >= 0.3 is 5.97 Å². The summed E-state index contributed by atoms with van der Waals surface area (Å²) in [6, 6.07) is 5.85. The summed E-state index contributed by atoms with van der Waals surface area (Å²) in [4.78, 5) is 25.8. The van der Waals surface area contributed by atoms with Crippen molar-refractivity contribution < 1.29 is 13.9 Å². The minimum Gasteiger partial charge on any atom is -0.465 e. The molecule has 96 valence electrons. The molecule has 3 aromatic rings. The molecular formula is C13H9FN2O3. The van der Waals surface area contributed by atoms with E-state index in [-0.39, 0.29) is 5.52 Å². The summed E-state index contributed by atoms with van der Waals surface area (Å²) in [7, 11) is 1.28. The number of rotatable bonds is 1.